The molecule has 6 heteroatoms. The Morgan fingerprint density at radius 3 is 3.00 bits per heavy atom. The Balaban J connectivity index is 2.07. The second kappa shape index (κ2) is 5.71. The molecule has 19 heavy (non-hydrogen) atoms. The first-order valence-electron chi connectivity index (χ1n) is 6.55. The topological polar surface area (TPSA) is 59.4 Å². The van der Waals surface area contributed by atoms with Crippen LogP contribution in [0.1, 0.15) is 18.7 Å². The third-order valence-electron chi connectivity index (χ3n) is 3.69. The molecule has 6 nitrogen and oxygen atoms in total. The van der Waals surface area contributed by atoms with Crippen LogP contribution in [0.2, 0.25) is 0 Å². The maximum atomic E-state index is 12.6. The fourth-order valence-corrected chi connectivity index (χ4v) is 2.62. The van der Waals surface area contributed by atoms with Gasteiger partial charge in [-0.15, -0.1) is 0 Å². The van der Waals surface area contributed by atoms with Crippen LogP contribution in [-0.2, 0) is 23.1 Å². The van der Waals surface area contributed by atoms with Crippen molar-refractivity contribution >= 4 is 5.91 Å². The van der Waals surface area contributed by atoms with Crippen molar-refractivity contribution < 1.29 is 9.53 Å². The van der Waals surface area contributed by atoms with Crippen LogP contribution in [0.25, 0.3) is 0 Å². The van der Waals surface area contributed by atoms with Crippen LogP contribution in [0.15, 0.2) is 12.4 Å². The number of rotatable bonds is 5. The number of carbonyl (C=O) groups is 1. The van der Waals surface area contributed by atoms with E-state index in [4.69, 9.17) is 4.74 Å². The maximum Gasteiger partial charge on any atom is 0.245 e. The summed E-state index contributed by atoms with van der Waals surface area (Å²) in [6.45, 7) is 1.79. The molecule has 1 fully saturated rings. The van der Waals surface area contributed by atoms with E-state index < -0.39 is 5.54 Å². The number of aryl methyl sites for hydroxylation is 1. The van der Waals surface area contributed by atoms with E-state index in [1.165, 1.54) is 0 Å². The highest BCUT2D eigenvalue weighted by Crippen LogP contribution is 2.22. The lowest BCUT2D eigenvalue weighted by Crippen LogP contribution is -2.56. The number of ether oxygens (including phenoxy) is 1. The lowest BCUT2D eigenvalue weighted by Gasteiger charge is -2.31. The van der Waals surface area contributed by atoms with Gasteiger partial charge in [-0.25, -0.2) is 4.98 Å². The Morgan fingerprint density at radius 1 is 1.68 bits per heavy atom. The number of likely N-dealkylation sites (N-methyl/N-ethyl adjacent to an activating group) is 1. The molecule has 1 aliphatic heterocycles. The second-order valence-electron chi connectivity index (χ2n) is 5.16. The fraction of sp³-hybridized carbons (Fsp3) is 0.692. The fourth-order valence-electron chi connectivity index (χ4n) is 2.62. The molecule has 1 saturated heterocycles. The van der Waals surface area contributed by atoms with Crippen LogP contribution in [0.3, 0.4) is 0 Å². The Kier molecular flexibility index (Phi) is 4.21. The van der Waals surface area contributed by atoms with Crippen molar-refractivity contribution in [3.8, 4) is 0 Å². The van der Waals surface area contributed by atoms with Crippen molar-refractivity contribution in [1.82, 2.24) is 19.8 Å². The summed E-state index contributed by atoms with van der Waals surface area (Å²) >= 11 is 0. The Bertz CT molecular complexity index is 438. The third kappa shape index (κ3) is 2.79. The molecule has 1 unspecified atom stereocenters. The van der Waals surface area contributed by atoms with Crippen molar-refractivity contribution in [1.29, 1.82) is 0 Å². The van der Waals surface area contributed by atoms with Gasteiger partial charge in [0.15, 0.2) is 0 Å². The second-order valence-corrected chi connectivity index (χ2v) is 5.16. The summed E-state index contributed by atoms with van der Waals surface area (Å²) in [6.07, 6.45) is 5.45. The lowest BCUT2D eigenvalue weighted by molar-refractivity contribution is -0.139. The normalized spacial score (nSPS) is 22.7. The van der Waals surface area contributed by atoms with E-state index >= 15 is 0 Å². The van der Waals surface area contributed by atoms with Crippen molar-refractivity contribution in [3.05, 3.63) is 18.2 Å². The number of hydrogen-bond donors (Lipinski definition) is 1. The Morgan fingerprint density at radius 2 is 2.47 bits per heavy atom. The van der Waals surface area contributed by atoms with E-state index in [0.29, 0.717) is 13.2 Å². The summed E-state index contributed by atoms with van der Waals surface area (Å²) in [5.41, 5.74) is -0.561. The largest absolute Gasteiger partial charge is 0.382 e. The van der Waals surface area contributed by atoms with Gasteiger partial charge in [0, 0.05) is 33.6 Å². The summed E-state index contributed by atoms with van der Waals surface area (Å²) in [4.78, 5) is 18.6. The molecule has 0 aromatic carbocycles. The molecule has 0 aliphatic carbocycles. The summed E-state index contributed by atoms with van der Waals surface area (Å²) < 4.78 is 7.15. The molecule has 1 aromatic rings. The van der Waals surface area contributed by atoms with Gasteiger partial charge in [-0.2, -0.15) is 0 Å². The summed E-state index contributed by atoms with van der Waals surface area (Å²) in [5.74, 6) is 0.955. The molecule has 1 N–H and O–H groups in total. The monoisotopic (exact) mass is 266 g/mol. The van der Waals surface area contributed by atoms with E-state index in [2.05, 4.69) is 10.3 Å². The molecule has 2 heterocycles. The van der Waals surface area contributed by atoms with E-state index in [1.54, 1.807) is 18.2 Å². The van der Waals surface area contributed by atoms with E-state index in [-0.39, 0.29) is 5.91 Å². The van der Waals surface area contributed by atoms with Gasteiger partial charge in [-0.1, -0.05) is 0 Å². The van der Waals surface area contributed by atoms with Crippen LogP contribution in [0.4, 0.5) is 0 Å². The number of nitrogens with zero attached hydrogens (tertiary/aromatic N) is 3. The van der Waals surface area contributed by atoms with Gasteiger partial charge < -0.3 is 19.5 Å². The minimum Gasteiger partial charge on any atom is -0.382 e. The third-order valence-corrected chi connectivity index (χ3v) is 3.69. The summed E-state index contributed by atoms with van der Waals surface area (Å²) in [7, 11) is 5.38. The molecule has 2 rings (SSSR count). The summed E-state index contributed by atoms with van der Waals surface area (Å²) in [6, 6.07) is 0. The molecule has 0 spiro atoms. The predicted molar refractivity (Wildman–Crippen MR) is 71.5 cm³/mol. The number of hydrogen-bond acceptors (Lipinski definition) is 4. The SMILES string of the molecule is COCC1(C(=O)N(C)Cc2nccn2C)CCCN1. The molecule has 1 amide bonds. The van der Waals surface area contributed by atoms with Gasteiger partial charge in [-0.05, 0) is 19.4 Å². The van der Waals surface area contributed by atoms with E-state index in [1.807, 2.05) is 24.9 Å². The van der Waals surface area contributed by atoms with Gasteiger partial charge in [-0.3, -0.25) is 4.79 Å². The summed E-state index contributed by atoms with van der Waals surface area (Å²) in [5, 5.41) is 3.30. The molecule has 1 aromatic heterocycles. The minimum absolute atomic E-state index is 0.0786. The number of methoxy groups -OCH3 is 1. The number of imidazole rings is 1. The first kappa shape index (κ1) is 14.0. The number of nitrogens with one attached hydrogen (secondary N) is 1. The van der Waals surface area contributed by atoms with Crippen molar-refractivity contribution in [2.24, 2.45) is 7.05 Å². The van der Waals surface area contributed by atoms with Crippen LogP contribution >= 0.6 is 0 Å². The molecule has 1 atom stereocenters. The zero-order chi connectivity index (χ0) is 13.9. The zero-order valence-corrected chi connectivity index (χ0v) is 11.8. The van der Waals surface area contributed by atoms with Gasteiger partial charge in [0.25, 0.3) is 0 Å². The van der Waals surface area contributed by atoms with Gasteiger partial charge in [0.1, 0.15) is 11.4 Å². The van der Waals surface area contributed by atoms with Crippen molar-refractivity contribution in [2.45, 2.75) is 24.9 Å². The Hall–Kier alpha value is -1.40. The number of amides is 1. The quantitative estimate of drug-likeness (QED) is 0.824. The number of aromatic nitrogens is 2. The van der Waals surface area contributed by atoms with E-state index in [0.717, 1.165) is 25.2 Å². The highest BCUT2D eigenvalue weighted by atomic mass is 16.5. The van der Waals surface area contributed by atoms with Gasteiger partial charge >= 0.3 is 0 Å². The van der Waals surface area contributed by atoms with Crippen LogP contribution in [-0.4, -0.2) is 53.2 Å². The van der Waals surface area contributed by atoms with Crippen LogP contribution in [0, 0.1) is 0 Å². The van der Waals surface area contributed by atoms with Gasteiger partial charge in [0.05, 0.1) is 13.2 Å². The molecule has 0 radical (unpaired) electrons. The highest BCUT2D eigenvalue weighted by Gasteiger charge is 2.42. The standard InChI is InChI=1S/C13H22N4O2/c1-16-8-7-14-11(16)9-17(2)12(18)13(10-19-3)5-4-6-15-13/h7-8,15H,4-6,9-10H2,1-3H3. The smallest absolute Gasteiger partial charge is 0.245 e. The first-order chi connectivity index (χ1) is 9.09. The molecule has 1 aliphatic rings. The zero-order valence-electron chi connectivity index (χ0n) is 11.8. The number of carbonyl (C=O) groups excluding carboxylic acids is 1. The Labute approximate surface area is 113 Å². The highest BCUT2D eigenvalue weighted by molar-refractivity contribution is 5.86. The average molecular weight is 266 g/mol. The lowest BCUT2D eigenvalue weighted by atomic mass is 9.97. The molecule has 106 valence electrons. The van der Waals surface area contributed by atoms with Gasteiger partial charge in [0.2, 0.25) is 5.91 Å². The minimum atomic E-state index is -0.561. The first-order valence-corrected chi connectivity index (χ1v) is 6.55. The maximum absolute atomic E-state index is 12.6. The molecular weight excluding hydrogens is 244 g/mol. The van der Waals surface area contributed by atoms with Crippen LogP contribution in [0.5, 0.6) is 0 Å². The van der Waals surface area contributed by atoms with Crippen LogP contribution < -0.4 is 5.32 Å². The van der Waals surface area contributed by atoms with Crippen molar-refractivity contribution in [3.63, 3.8) is 0 Å². The molecule has 0 saturated carbocycles. The van der Waals surface area contributed by atoms with E-state index in [9.17, 15) is 4.79 Å². The van der Waals surface area contributed by atoms with Crippen molar-refractivity contribution in [2.75, 3.05) is 27.3 Å². The predicted octanol–water partition coefficient (Wildman–Crippen LogP) is 0.147. The molecular formula is C13H22N4O2. The average Bonchev–Trinajstić information content (AvgIpc) is 3.00. The molecule has 0 bridgehead atoms.